The minimum atomic E-state index is -0.649. The Kier molecular flexibility index (Phi) is 4.55. The van der Waals surface area contributed by atoms with Gasteiger partial charge in [-0.05, 0) is 25.1 Å². The van der Waals surface area contributed by atoms with Crippen LogP contribution in [0.3, 0.4) is 0 Å². The van der Waals surface area contributed by atoms with E-state index in [1.165, 1.54) is 0 Å². The molecule has 7 nitrogen and oxygen atoms in total. The lowest BCUT2D eigenvalue weighted by molar-refractivity contribution is 0.0996. The number of hydrogen-bond donors (Lipinski definition) is 2. The second kappa shape index (κ2) is 6.56. The molecule has 0 bridgehead atoms. The number of carbonyl (C=O) groups is 1. The Morgan fingerprint density at radius 1 is 1.38 bits per heavy atom. The molecule has 0 unspecified atom stereocenters. The molecule has 7 heteroatoms. The normalized spacial score (nSPS) is 10.1. The Bertz CT molecular complexity index is 651. The van der Waals surface area contributed by atoms with E-state index in [1.807, 2.05) is 6.92 Å². The van der Waals surface area contributed by atoms with Crippen molar-refractivity contribution in [1.82, 2.24) is 15.4 Å². The van der Waals surface area contributed by atoms with E-state index in [4.69, 9.17) is 15.2 Å². The zero-order valence-electron chi connectivity index (χ0n) is 11.6. The maximum Gasteiger partial charge on any atom is 0.271 e. The first-order valence-corrected chi connectivity index (χ1v) is 6.38. The molecule has 0 atom stereocenters. The van der Waals surface area contributed by atoms with Gasteiger partial charge in [0.05, 0.1) is 6.61 Å². The number of hydrogen-bond acceptors (Lipinski definition) is 5. The van der Waals surface area contributed by atoms with Gasteiger partial charge in [0, 0.05) is 5.56 Å². The Balaban J connectivity index is 2.41. The van der Waals surface area contributed by atoms with Crippen LogP contribution < -0.4 is 15.2 Å². The van der Waals surface area contributed by atoms with Crippen LogP contribution in [-0.4, -0.2) is 34.5 Å². The molecule has 0 saturated carbocycles. The number of H-pyrrole nitrogens is 1. The number of nitrogens with two attached hydrogens (primary N) is 1. The number of ether oxygens (including phenoxy) is 2. The minimum absolute atomic E-state index is 0.0807. The van der Waals surface area contributed by atoms with Crippen LogP contribution in [0.4, 0.5) is 0 Å². The monoisotopic (exact) mass is 288 g/mol. The summed E-state index contributed by atoms with van der Waals surface area (Å²) in [6.07, 6.45) is 1.65. The van der Waals surface area contributed by atoms with Gasteiger partial charge >= 0.3 is 0 Å². The predicted octanol–water partition coefficient (Wildman–Crippen LogP) is 1.53. The summed E-state index contributed by atoms with van der Waals surface area (Å²) in [4.78, 5) is 11.3. The van der Waals surface area contributed by atoms with Crippen LogP contribution in [0.15, 0.2) is 30.9 Å². The van der Waals surface area contributed by atoms with Crippen LogP contribution in [0.25, 0.3) is 11.3 Å². The standard InChI is InChI=1S/C14H16N4O3/c1-3-7-21-10-6-5-9(8-11(10)20-4-2)12-13(14(15)19)17-18-16-12/h3,5-6,8H,1,4,7H2,2H3,(H2,15,19)(H,16,17,18). The van der Waals surface area contributed by atoms with E-state index in [0.717, 1.165) is 0 Å². The Hall–Kier alpha value is -2.83. The third-order valence-electron chi connectivity index (χ3n) is 2.65. The highest BCUT2D eigenvalue weighted by Gasteiger charge is 2.17. The van der Waals surface area contributed by atoms with E-state index in [0.29, 0.717) is 36.0 Å². The number of carbonyl (C=O) groups excluding carboxylic acids is 1. The van der Waals surface area contributed by atoms with Crippen molar-refractivity contribution in [3.63, 3.8) is 0 Å². The summed E-state index contributed by atoms with van der Waals surface area (Å²) in [6, 6.07) is 5.22. The fourth-order valence-corrected chi connectivity index (χ4v) is 1.80. The lowest BCUT2D eigenvalue weighted by Crippen LogP contribution is -2.12. The van der Waals surface area contributed by atoms with Crippen molar-refractivity contribution >= 4 is 5.91 Å². The molecule has 21 heavy (non-hydrogen) atoms. The topological polar surface area (TPSA) is 103 Å². The first kappa shape index (κ1) is 14.6. The van der Waals surface area contributed by atoms with E-state index in [-0.39, 0.29) is 5.69 Å². The maximum atomic E-state index is 11.3. The summed E-state index contributed by atoms with van der Waals surface area (Å²) in [7, 11) is 0. The van der Waals surface area contributed by atoms with Crippen molar-refractivity contribution in [2.75, 3.05) is 13.2 Å². The summed E-state index contributed by atoms with van der Waals surface area (Å²) in [6.45, 7) is 6.32. The molecular weight excluding hydrogens is 272 g/mol. The van der Waals surface area contributed by atoms with E-state index in [9.17, 15) is 4.79 Å². The van der Waals surface area contributed by atoms with E-state index >= 15 is 0 Å². The summed E-state index contributed by atoms with van der Waals surface area (Å²) in [5.74, 6) is 0.489. The molecule has 0 spiro atoms. The first-order valence-electron chi connectivity index (χ1n) is 6.38. The molecule has 0 aliphatic rings. The highest BCUT2D eigenvalue weighted by atomic mass is 16.5. The van der Waals surface area contributed by atoms with Crippen LogP contribution in [0.2, 0.25) is 0 Å². The van der Waals surface area contributed by atoms with Crippen molar-refractivity contribution in [2.24, 2.45) is 5.73 Å². The lowest BCUT2D eigenvalue weighted by atomic mass is 10.1. The van der Waals surface area contributed by atoms with Crippen molar-refractivity contribution in [3.05, 3.63) is 36.5 Å². The molecule has 0 radical (unpaired) electrons. The van der Waals surface area contributed by atoms with Gasteiger partial charge in [0.15, 0.2) is 17.2 Å². The largest absolute Gasteiger partial charge is 0.490 e. The molecule has 0 aliphatic heterocycles. The van der Waals surface area contributed by atoms with Crippen molar-refractivity contribution in [2.45, 2.75) is 6.92 Å². The molecule has 0 saturated heterocycles. The molecule has 2 aromatic rings. The number of nitrogens with one attached hydrogen (secondary N) is 1. The molecular formula is C14H16N4O3. The van der Waals surface area contributed by atoms with Gasteiger partial charge in [-0.1, -0.05) is 12.7 Å². The van der Waals surface area contributed by atoms with Crippen LogP contribution in [-0.2, 0) is 0 Å². The number of aromatic amines is 1. The Labute approximate surface area is 121 Å². The predicted molar refractivity (Wildman–Crippen MR) is 77.2 cm³/mol. The molecule has 3 N–H and O–H groups in total. The molecule has 2 rings (SSSR count). The Morgan fingerprint density at radius 3 is 2.86 bits per heavy atom. The number of amides is 1. The average Bonchev–Trinajstić information content (AvgIpc) is 2.96. The van der Waals surface area contributed by atoms with Gasteiger partial charge in [0.1, 0.15) is 12.3 Å². The highest BCUT2D eigenvalue weighted by Crippen LogP contribution is 2.32. The van der Waals surface area contributed by atoms with Gasteiger partial charge in [-0.15, -0.1) is 0 Å². The van der Waals surface area contributed by atoms with Gasteiger partial charge in [0.25, 0.3) is 5.91 Å². The molecule has 0 aliphatic carbocycles. The van der Waals surface area contributed by atoms with Gasteiger partial charge in [0.2, 0.25) is 0 Å². The third kappa shape index (κ3) is 3.19. The summed E-state index contributed by atoms with van der Waals surface area (Å²) in [5.41, 5.74) is 6.37. The van der Waals surface area contributed by atoms with Gasteiger partial charge < -0.3 is 15.2 Å². The minimum Gasteiger partial charge on any atom is -0.490 e. The number of primary amides is 1. The number of nitrogens with zero attached hydrogens (tertiary/aromatic N) is 2. The van der Waals surface area contributed by atoms with E-state index in [2.05, 4.69) is 22.0 Å². The quantitative estimate of drug-likeness (QED) is 0.752. The smallest absolute Gasteiger partial charge is 0.271 e. The van der Waals surface area contributed by atoms with Gasteiger partial charge in [-0.3, -0.25) is 4.79 Å². The maximum absolute atomic E-state index is 11.3. The van der Waals surface area contributed by atoms with E-state index in [1.54, 1.807) is 24.3 Å². The number of rotatable bonds is 7. The van der Waals surface area contributed by atoms with Crippen LogP contribution in [0, 0.1) is 0 Å². The fraction of sp³-hybridized carbons (Fsp3) is 0.214. The third-order valence-corrected chi connectivity index (χ3v) is 2.65. The molecule has 110 valence electrons. The fourth-order valence-electron chi connectivity index (χ4n) is 1.80. The second-order valence-electron chi connectivity index (χ2n) is 4.08. The number of aromatic nitrogens is 3. The van der Waals surface area contributed by atoms with Gasteiger partial charge in [-0.25, -0.2) is 0 Å². The average molecular weight is 288 g/mol. The van der Waals surface area contributed by atoms with Crippen molar-refractivity contribution in [1.29, 1.82) is 0 Å². The molecule has 1 heterocycles. The number of benzene rings is 1. The zero-order valence-corrected chi connectivity index (χ0v) is 11.6. The summed E-state index contributed by atoms with van der Waals surface area (Å²) >= 11 is 0. The van der Waals surface area contributed by atoms with Crippen LogP contribution >= 0.6 is 0 Å². The van der Waals surface area contributed by atoms with Crippen molar-refractivity contribution in [3.8, 4) is 22.8 Å². The molecule has 0 fully saturated rings. The molecule has 1 aromatic carbocycles. The van der Waals surface area contributed by atoms with Crippen LogP contribution in [0.1, 0.15) is 17.4 Å². The SMILES string of the molecule is C=CCOc1ccc(-c2n[nH]nc2C(N)=O)cc1OCC. The molecule has 1 amide bonds. The van der Waals surface area contributed by atoms with E-state index < -0.39 is 5.91 Å². The van der Waals surface area contributed by atoms with Crippen molar-refractivity contribution < 1.29 is 14.3 Å². The zero-order chi connectivity index (χ0) is 15.2. The molecule has 1 aromatic heterocycles. The first-order chi connectivity index (χ1) is 10.2. The lowest BCUT2D eigenvalue weighted by Gasteiger charge is -2.12. The summed E-state index contributed by atoms with van der Waals surface area (Å²) < 4.78 is 11.0. The second-order valence-corrected chi connectivity index (χ2v) is 4.08. The Morgan fingerprint density at radius 2 is 2.19 bits per heavy atom. The highest BCUT2D eigenvalue weighted by molar-refractivity contribution is 5.96. The van der Waals surface area contributed by atoms with Gasteiger partial charge in [-0.2, -0.15) is 15.4 Å². The summed E-state index contributed by atoms with van der Waals surface area (Å²) in [5, 5.41) is 10.1. The van der Waals surface area contributed by atoms with Crippen LogP contribution in [0.5, 0.6) is 11.5 Å².